The SMILES string of the molecule is CC(C)(C)c1ccc2c(c1)B1c3cc(C(C)(C)C)ccc3N(c3ccc(-c4ccccc4)cc3)c3cc(-c4ccc5oc6ccccc6c5c4)cc(c31)N2c1ccc(-c2ccccc2)cc1. The van der Waals surface area contributed by atoms with E-state index in [2.05, 4.69) is 245 Å². The van der Waals surface area contributed by atoms with Crippen LogP contribution in [-0.2, 0) is 10.8 Å². The standard InChI is InChI=1S/C62H51BN2O/c1-61(2,3)46-26-32-54-52(38-46)63-53-39-47(62(4,5)6)27-33-55(53)65(49-30-23-43(24-31-49)41-17-11-8-12-18-41)57-37-45(44-25-34-59-51(35-44)50-19-13-14-20-58(50)66-59)36-56(60(57)63)64(54)48-28-21-42(22-29-48)40-15-9-7-10-16-40/h7-39H,1-6H3. The summed E-state index contributed by atoms with van der Waals surface area (Å²) in [4.78, 5) is 5.08. The molecular weight excluding hydrogens is 800 g/mol. The molecule has 12 rings (SSSR count). The zero-order valence-corrected chi connectivity index (χ0v) is 38.4. The fourth-order valence-corrected chi connectivity index (χ4v) is 10.4. The van der Waals surface area contributed by atoms with E-state index in [1.165, 1.54) is 72.5 Å². The van der Waals surface area contributed by atoms with Crippen molar-refractivity contribution in [1.29, 1.82) is 0 Å². The molecule has 0 saturated carbocycles. The van der Waals surface area contributed by atoms with Gasteiger partial charge in [0, 0.05) is 44.9 Å². The van der Waals surface area contributed by atoms with Crippen LogP contribution in [0.4, 0.5) is 34.1 Å². The molecule has 0 unspecified atom stereocenters. The average Bonchev–Trinajstić information content (AvgIpc) is 3.72. The Morgan fingerprint density at radius 3 is 1.29 bits per heavy atom. The quantitative estimate of drug-likeness (QED) is 0.161. The van der Waals surface area contributed by atoms with Gasteiger partial charge >= 0.3 is 0 Å². The number of nitrogens with zero attached hydrogens (tertiary/aromatic N) is 2. The number of fused-ring (bicyclic) bond motifs is 7. The Morgan fingerprint density at radius 2 is 0.788 bits per heavy atom. The molecule has 0 saturated heterocycles. The van der Waals surface area contributed by atoms with Crippen LogP contribution in [0.5, 0.6) is 0 Å². The third-order valence-electron chi connectivity index (χ3n) is 14.0. The van der Waals surface area contributed by atoms with Gasteiger partial charge in [-0.15, -0.1) is 0 Å². The van der Waals surface area contributed by atoms with E-state index in [9.17, 15) is 0 Å². The van der Waals surface area contributed by atoms with Gasteiger partial charge in [-0.1, -0.05) is 175 Å². The van der Waals surface area contributed by atoms with Gasteiger partial charge in [0.25, 0.3) is 6.71 Å². The van der Waals surface area contributed by atoms with Crippen molar-refractivity contribution < 1.29 is 4.42 Å². The Balaban J connectivity index is 1.16. The van der Waals surface area contributed by atoms with Crippen molar-refractivity contribution in [3.8, 4) is 33.4 Å². The summed E-state index contributed by atoms with van der Waals surface area (Å²) in [5.74, 6) is 0. The van der Waals surface area contributed by atoms with Crippen LogP contribution in [0.15, 0.2) is 205 Å². The molecule has 0 bridgehead atoms. The summed E-state index contributed by atoms with van der Waals surface area (Å²) >= 11 is 0. The van der Waals surface area contributed by atoms with Crippen LogP contribution in [0.2, 0.25) is 0 Å². The molecule has 9 aromatic carbocycles. The van der Waals surface area contributed by atoms with Crippen LogP contribution in [0, 0.1) is 0 Å². The molecule has 2 aliphatic rings. The van der Waals surface area contributed by atoms with E-state index in [1.807, 2.05) is 6.07 Å². The third-order valence-corrected chi connectivity index (χ3v) is 14.0. The van der Waals surface area contributed by atoms with Crippen molar-refractivity contribution in [2.45, 2.75) is 52.4 Å². The molecular formula is C62H51BN2O. The monoisotopic (exact) mass is 850 g/mol. The summed E-state index contributed by atoms with van der Waals surface area (Å²) in [6, 6.07) is 74.2. The zero-order valence-electron chi connectivity index (χ0n) is 38.4. The van der Waals surface area contributed by atoms with E-state index in [-0.39, 0.29) is 17.5 Å². The fourth-order valence-electron chi connectivity index (χ4n) is 10.4. The maximum atomic E-state index is 6.36. The molecule has 4 heteroatoms. The number of hydrogen-bond acceptors (Lipinski definition) is 3. The van der Waals surface area contributed by atoms with Gasteiger partial charge in [0.2, 0.25) is 0 Å². The van der Waals surface area contributed by atoms with Crippen molar-refractivity contribution in [3.63, 3.8) is 0 Å². The first-order valence-electron chi connectivity index (χ1n) is 23.3. The van der Waals surface area contributed by atoms with E-state index >= 15 is 0 Å². The van der Waals surface area contributed by atoms with Crippen molar-refractivity contribution >= 4 is 79.2 Å². The van der Waals surface area contributed by atoms with Gasteiger partial charge in [0.05, 0.1) is 0 Å². The number of hydrogen-bond donors (Lipinski definition) is 0. The Kier molecular flexibility index (Phi) is 9.09. The maximum Gasteiger partial charge on any atom is 0.252 e. The van der Waals surface area contributed by atoms with Gasteiger partial charge in [0.15, 0.2) is 0 Å². The molecule has 3 nitrogen and oxygen atoms in total. The first kappa shape index (κ1) is 40.0. The van der Waals surface area contributed by atoms with Gasteiger partial charge < -0.3 is 14.2 Å². The number of benzene rings is 9. The smallest absolute Gasteiger partial charge is 0.252 e. The molecule has 0 spiro atoms. The molecule has 0 atom stereocenters. The second kappa shape index (κ2) is 15.0. The van der Waals surface area contributed by atoms with Gasteiger partial charge in [-0.25, -0.2) is 0 Å². The van der Waals surface area contributed by atoms with Gasteiger partial charge in [-0.2, -0.15) is 0 Å². The lowest BCUT2D eigenvalue weighted by Crippen LogP contribution is -2.61. The van der Waals surface area contributed by atoms with E-state index in [0.29, 0.717) is 0 Å². The van der Waals surface area contributed by atoms with Crippen molar-refractivity contribution in [2.75, 3.05) is 9.80 Å². The van der Waals surface area contributed by atoms with Crippen molar-refractivity contribution in [1.82, 2.24) is 0 Å². The highest BCUT2D eigenvalue weighted by Gasteiger charge is 2.44. The molecule has 0 aliphatic carbocycles. The first-order chi connectivity index (χ1) is 32.0. The van der Waals surface area contributed by atoms with Crippen LogP contribution in [0.25, 0.3) is 55.3 Å². The highest BCUT2D eigenvalue weighted by atomic mass is 16.3. The number of para-hydroxylation sites is 1. The summed E-state index contributed by atoms with van der Waals surface area (Å²) < 4.78 is 6.36. The Bertz CT molecular complexity index is 3310. The van der Waals surface area contributed by atoms with E-state index in [0.717, 1.165) is 44.4 Å². The molecule has 0 amide bonds. The molecule has 2 aliphatic heterocycles. The normalized spacial score (nSPS) is 13.2. The molecule has 66 heavy (non-hydrogen) atoms. The van der Waals surface area contributed by atoms with Gasteiger partial charge in [-0.05, 0) is 138 Å². The maximum absolute atomic E-state index is 6.36. The van der Waals surface area contributed by atoms with Gasteiger partial charge in [-0.3, -0.25) is 0 Å². The van der Waals surface area contributed by atoms with Gasteiger partial charge in [0.1, 0.15) is 11.2 Å². The molecule has 1 aromatic heterocycles. The largest absolute Gasteiger partial charge is 0.456 e. The van der Waals surface area contributed by atoms with Crippen LogP contribution in [0.1, 0.15) is 52.7 Å². The lowest BCUT2D eigenvalue weighted by Gasteiger charge is -2.45. The Morgan fingerprint density at radius 1 is 0.348 bits per heavy atom. The summed E-state index contributed by atoms with van der Waals surface area (Å²) in [6.45, 7) is 14.0. The predicted molar refractivity (Wildman–Crippen MR) is 281 cm³/mol. The summed E-state index contributed by atoms with van der Waals surface area (Å²) in [5, 5.41) is 2.25. The fraction of sp³-hybridized carbons (Fsp3) is 0.129. The zero-order chi connectivity index (χ0) is 44.9. The lowest BCUT2D eigenvalue weighted by molar-refractivity contribution is 0.590. The van der Waals surface area contributed by atoms with Crippen molar-refractivity contribution in [2.24, 2.45) is 0 Å². The first-order valence-corrected chi connectivity index (χ1v) is 23.3. The second-order valence-electron chi connectivity index (χ2n) is 20.2. The van der Waals surface area contributed by atoms with Crippen LogP contribution in [-0.4, -0.2) is 6.71 Å². The summed E-state index contributed by atoms with van der Waals surface area (Å²) in [6.07, 6.45) is 0. The highest BCUT2D eigenvalue weighted by molar-refractivity contribution is 7.00. The third kappa shape index (κ3) is 6.58. The summed E-state index contributed by atoms with van der Waals surface area (Å²) in [7, 11) is 0. The van der Waals surface area contributed by atoms with Crippen LogP contribution in [0.3, 0.4) is 0 Å². The predicted octanol–water partition coefficient (Wildman–Crippen LogP) is 15.3. The minimum Gasteiger partial charge on any atom is -0.456 e. The topological polar surface area (TPSA) is 19.6 Å². The number of rotatable bonds is 5. The minimum atomic E-state index is -0.0443. The molecule has 0 radical (unpaired) electrons. The molecule has 10 aromatic rings. The summed E-state index contributed by atoms with van der Waals surface area (Å²) in [5.41, 5.74) is 22.5. The number of anilines is 6. The minimum absolute atomic E-state index is 0.0152. The van der Waals surface area contributed by atoms with Crippen LogP contribution < -0.4 is 26.2 Å². The number of furan rings is 1. The molecule has 0 fully saturated rings. The van der Waals surface area contributed by atoms with E-state index < -0.39 is 0 Å². The van der Waals surface area contributed by atoms with E-state index in [4.69, 9.17) is 4.42 Å². The second-order valence-corrected chi connectivity index (χ2v) is 20.2. The Labute approximate surface area is 388 Å². The lowest BCUT2D eigenvalue weighted by atomic mass is 9.33. The molecule has 0 N–H and O–H groups in total. The van der Waals surface area contributed by atoms with Crippen molar-refractivity contribution in [3.05, 3.63) is 211 Å². The average molecular weight is 851 g/mol. The highest BCUT2D eigenvalue weighted by Crippen LogP contribution is 2.48. The molecule has 3 heterocycles. The Hall–Kier alpha value is -7.56. The van der Waals surface area contributed by atoms with Crippen LogP contribution >= 0.6 is 0 Å². The molecule has 318 valence electrons. The van der Waals surface area contributed by atoms with E-state index in [1.54, 1.807) is 0 Å².